The van der Waals surface area contributed by atoms with Crippen LogP contribution in [0.2, 0.25) is 0 Å². The molecule has 0 bridgehead atoms. The summed E-state index contributed by atoms with van der Waals surface area (Å²) in [4.78, 5) is 16.8. The molecule has 0 aliphatic carbocycles. The molecule has 2 heterocycles. The highest BCUT2D eigenvalue weighted by Gasteiger charge is 2.30. The van der Waals surface area contributed by atoms with Gasteiger partial charge in [-0.25, -0.2) is 8.42 Å². The molecule has 0 spiro atoms. The van der Waals surface area contributed by atoms with Crippen LogP contribution in [0.4, 0.5) is 5.69 Å². The molecular weight excluding hydrogens is 454 g/mol. The number of carbonyl (C=O) groups excluding carboxylic acids is 1. The third-order valence-electron chi connectivity index (χ3n) is 5.91. The van der Waals surface area contributed by atoms with Gasteiger partial charge >= 0.3 is 0 Å². The van der Waals surface area contributed by atoms with E-state index >= 15 is 0 Å². The number of nitrogens with zero attached hydrogens (tertiary/aromatic N) is 1. The van der Waals surface area contributed by atoms with Crippen LogP contribution in [-0.4, -0.2) is 38.4 Å². The van der Waals surface area contributed by atoms with Crippen molar-refractivity contribution in [2.45, 2.75) is 43.7 Å². The summed E-state index contributed by atoms with van der Waals surface area (Å²) < 4.78 is 28.3. The van der Waals surface area contributed by atoms with Gasteiger partial charge in [-0.05, 0) is 81.6 Å². The quantitative estimate of drug-likeness (QED) is 0.482. The topological polar surface area (TPSA) is 78.5 Å². The maximum atomic E-state index is 13.1. The average Bonchev–Trinajstić information content (AvgIpc) is 3.51. The lowest BCUT2D eigenvalue weighted by atomic mass is 10.1. The lowest BCUT2D eigenvalue weighted by molar-refractivity contribution is 0.0907. The van der Waals surface area contributed by atoms with Crippen molar-refractivity contribution < 1.29 is 13.2 Å². The van der Waals surface area contributed by atoms with Crippen molar-refractivity contribution in [1.82, 2.24) is 10.2 Å². The zero-order valence-electron chi connectivity index (χ0n) is 18.8. The fraction of sp³-hybridized carbons (Fsp3) is 0.320. The molecule has 1 amide bonds. The number of benzene rings is 2. The third-order valence-corrected chi connectivity index (χ3v) is 8.23. The molecule has 0 radical (unpaired) electrons. The second-order valence-corrected chi connectivity index (χ2v) is 11.1. The monoisotopic (exact) mass is 483 g/mol. The smallest absolute Gasteiger partial charge is 0.261 e. The normalized spacial score (nSPS) is 16.3. The molecule has 6 nitrogen and oxygen atoms in total. The Morgan fingerprint density at radius 3 is 2.42 bits per heavy atom. The molecule has 1 fully saturated rings. The molecule has 0 saturated carbocycles. The van der Waals surface area contributed by atoms with Crippen molar-refractivity contribution in [2.75, 3.05) is 17.8 Å². The SMILES string of the molecule is Cc1ccc(NS(=O)(=O)c2cccc(C(=O)N[C@@H](C)[C@H](c3cccs3)N3CCCC3)c2)cc1. The third kappa shape index (κ3) is 5.63. The van der Waals surface area contributed by atoms with Crippen LogP contribution in [0.15, 0.2) is 70.9 Å². The Morgan fingerprint density at radius 2 is 1.76 bits per heavy atom. The van der Waals surface area contributed by atoms with Crippen LogP contribution in [0.1, 0.15) is 46.6 Å². The first-order valence-corrected chi connectivity index (χ1v) is 13.5. The molecule has 1 aliphatic rings. The van der Waals surface area contributed by atoms with Crippen LogP contribution in [-0.2, 0) is 10.0 Å². The van der Waals surface area contributed by atoms with E-state index in [0.29, 0.717) is 11.3 Å². The summed E-state index contributed by atoms with van der Waals surface area (Å²) in [6.45, 7) is 5.98. The molecule has 33 heavy (non-hydrogen) atoms. The Hall–Kier alpha value is -2.68. The zero-order chi connectivity index (χ0) is 23.4. The van der Waals surface area contributed by atoms with Gasteiger partial charge in [0.05, 0.1) is 10.9 Å². The van der Waals surface area contributed by atoms with E-state index in [0.717, 1.165) is 31.5 Å². The summed E-state index contributed by atoms with van der Waals surface area (Å²) in [6, 6.07) is 17.4. The molecule has 2 atom stereocenters. The number of amides is 1. The van der Waals surface area contributed by atoms with E-state index in [2.05, 4.69) is 26.4 Å². The number of rotatable bonds is 8. The van der Waals surface area contributed by atoms with E-state index in [4.69, 9.17) is 0 Å². The first-order valence-electron chi connectivity index (χ1n) is 11.1. The van der Waals surface area contributed by atoms with E-state index in [1.54, 1.807) is 35.6 Å². The predicted octanol–water partition coefficient (Wildman–Crippen LogP) is 4.81. The molecule has 1 aromatic heterocycles. The highest BCUT2D eigenvalue weighted by atomic mass is 32.2. The molecular formula is C25H29N3O3S2. The molecule has 8 heteroatoms. The molecule has 4 rings (SSSR count). The number of aryl methyl sites for hydroxylation is 1. The van der Waals surface area contributed by atoms with Crippen LogP contribution >= 0.6 is 11.3 Å². The number of likely N-dealkylation sites (tertiary alicyclic amines) is 1. The van der Waals surface area contributed by atoms with E-state index in [1.807, 2.05) is 32.0 Å². The number of hydrogen-bond acceptors (Lipinski definition) is 5. The summed E-state index contributed by atoms with van der Waals surface area (Å²) in [7, 11) is -3.81. The van der Waals surface area contributed by atoms with Gasteiger partial charge in [-0.1, -0.05) is 29.8 Å². The Kier molecular flexibility index (Phi) is 7.17. The van der Waals surface area contributed by atoms with Crippen LogP contribution in [0.25, 0.3) is 0 Å². The number of nitrogens with one attached hydrogen (secondary N) is 2. The van der Waals surface area contributed by atoms with Crippen LogP contribution in [0, 0.1) is 6.92 Å². The summed E-state index contributed by atoms with van der Waals surface area (Å²) in [5, 5.41) is 5.16. The standard InChI is InChI=1S/C25H29N3O3S2/c1-18-10-12-21(13-11-18)27-33(30,31)22-8-5-7-20(17-22)25(29)26-19(2)24(23-9-6-16-32-23)28-14-3-4-15-28/h5-13,16-17,19,24,27H,3-4,14-15H2,1-2H3,(H,26,29)/t19-,24+/m0/s1. The molecule has 2 N–H and O–H groups in total. The Labute approximate surface area is 199 Å². The highest BCUT2D eigenvalue weighted by Crippen LogP contribution is 2.31. The number of hydrogen-bond donors (Lipinski definition) is 2. The molecule has 1 saturated heterocycles. The molecule has 0 unspecified atom stereocenters. The van der Waals surface area contributed by atoms with Gasteiger partial charge < -0.3 is 5.32 Å². The van der Waals surface area contributed by atoms with Crippen molar-refractivity contribution in [3.8, 4) is 0 Å². The van der Waals surface area contributed by atoms with Crippen molar-refractivity contribution in [3.63, 3.8) is 0 Å². The highest BCUT2D eigenvalue weighted by molar-refractivity contribution is 7.92. The second kappa shape index (κ2) is 10.1. The van der Waals surface area contributed by atoms with Gasteiger partial charge in [0.2, 0.25) is 0 Å². The molecule has 174 valence electrons. The fourth-order valence-electron chi connectivity index (χ4n) is 4.23. The minimum atomic E-state index is -3.81. The first kappa shape index (κ1) is 23.5. The van der Waals surface area contributed by atoms with Gasteiger partial charge in [-0.2, -0.15) is 0 Å². The van der Waals surface area contributed by atoms with Gasteiger partial charge in [0.25, 0.3) is 15.9 Å². The molecule has 3 aromatic rings. The fourth-order valence-corrected chi connectivity index (χ4v) is 6.30. The largest absolute Gasteiger partial charge is 0.348 e. The van der Waals surface area contributed by atoms with Gasteiger partial charge in [-0.15, -0.1) is 11.3 Å². The minimum absolute atomic E-state index is 0.0535. The summed E-state index contributed by atoms with van der Waals surface area (Å²) >= 11 is 1.70. The zero-order valence-corrected chi connectivity index (χ0v) is 20.5. The minimum Gasteiger partial charge on any atom is -0.348 e. The van der Waals surface area contributed by atoms with E-state index in [-0.39, 0.29) is 22.9 Å². The van der Waals surface area contributed by atoms with Crippen LogP contribution in [0.5, 0.6) is 0 Å². The van der Waals surface area contributed by atoms with Crippen molar-refractivity contribution in [1.29, 1.82) is 0 Å². The van der Waals surface area contributed by atoms with Gasteiger partial charge in [0.15, 0.2) is 0 Å². The van der Waals surface area contributed by atoms with E-state index < -0.39 is 10.0 Å². The second-order valence-electron chi connectivity index (χ2n) is 8.46. The van der Waals surface area contributed by atoms with Gasteiger partial charge in [-0.3, -0.25) is 14.4 Å². The molecule has 2 aromatic carbocycles. The number of thiophene rings is 1. The van der Waals surface area contributed by atoms with Crippen LogP contribution in [0.3, 0.4) is 0 Å². The number of anilines is 1. The maximum absolute atomic E-state index is 13.1. The summed E-state index contributed by atoms with van der Waals surface area (Å²) in [5.41, 5.74) is 1.84. The Bertz CT molecular complexity index is 1190. The Morgan fingerprint density at radius 1 is 1.03 bits per heavy atom. The van der Waals surface area contributed by atoms with Gasteiger partial charge in [0, 0.05) is 22.2 Å². The molecule has 1 aliphatic heterocycles. The average molecular weight is 484 g/mol. The maximum Gasteiger partial charge on any atom is 0.261 e. The van der Waals surface area contributed by atoms with Gasteiger partial charge in [0.1, 0.15) is 0 Å². The number of sulfonamides is 1. The number of carbonyl (C=O) groups is 1. The Balaban J connectivity index is 1.50. The van der Waals surface area contributed by atoms with Crippen molar-refractivity contribution in [2.24, 2.45) is 0 Å². The van der Waals surface area contributed by atoms with Crippen molar-refractivity contribution in [3.05, 3.63) is 82.0 Å². The summed E-state index contributed by atoms with van der Waals surface area (Å²) in [5.74, 6) is -0.282. The summed E-state index contributed by atoms with van der Waals surface area (Å²) in [6.07, 6.45) is 2.33. The first-order chi connectivity index (χ1) is 15.8. The van der Waals surface area contributed by atoms with Crippen molar-refractivity contribution >= 4 is 33.0 Å². The van der Waals surface area contributed by atoms with E-state index in [1.165, 1.54) is 17.0 Å². The lowest BCUT2D eigenvalue weighted by Gasteiger charge is -2.32. The predicted molar refractivity (Wildman–Crippen MR) is 133 cm³/mol. The van der Waals surface area contributed by atoms with Crippen LogP contribution < -0.4 is 10.0 Å². The van der Waals surface area contributed by atoms with E-state index in [9.17, 15) is 13.2 Å². The lowest BCUT2D eigenvalue weighted by Crippen LogP contribution is -2.43.